The first kappa shape index (κ1) is 15.5. The normalized spacial score (nSPS) is 13.6. The summed E-state index contributed by atoms with van der Waals surface area (Å²) in [6, 6.07) is 7.96. The Balaban J connectivity index is 2.45. The molecular weight excluding hydrogens is 246 g/mol. The van der Waals surface area contributed by atoms with E-state index in [1.165, 1.54) is 5.56 Å². The van der Waals surface area contributed by atoms with Gasteiger partial charge in [0.05, 0.1) is 5.60 Å². The van der Waals surface area contributed by atoms with E-state index < -0.39 is 0 Å². The Hall–Kier alpha value is -0.570. The van der Waals surface area contributed by atoms with Gasteiger partial charge >= 0.3 is 0 Å². The lowest BCUT2D eigenvalue weighted by molar-refractivity contribution is -0.00886. The van der Waals surface area contributed by atoms with Crippen LogP contribution in [0.4, 0.5) is 0 Å². The molecule has 0 fully saturated rings. The fraction of sp³-hybridized carbons (Fsp3) is 0.600. The third kappa shape index (κ3) is 5.85. The second-order valence-electron chi connectivity index (χ2n) is 5.65. The molecule has 1 unspecified atom stereocenters. The molecule has 0 aliphatic carbocycles. The molecule has 0 heterocycles. The maximum Gasteiger partial charge on any atom is 0.0598 e. The summed E-state index contributed by atoms with van der Waals surface area (Å²) in [5.74, 6) is 0.423. The lowest BCUT2D eigenvalue weighted by atomic mass is 9.96. The van der Waals surface area contributed by atoms with Crippen LogP contribution in [0.15, 0.2) is 24.3 Å². The second kappa shape index (κ2) is 7.13. The van der Waals surface area contributed by atoms with Crippen molar-refractivity contribution in [3.8, 4) is 0 Å². The molecule has 18 heavy (non-hydrogen) atoms. The zero-order valence-electron chi connectivity index (χ0n) is 11.6. The highest BCUT2D eigenvalue weighted by atomic mass is 35.5. The minimum Gasteiger partial charge on any atom is -0.376 e. The first-order valence-corrected chi connectivity index (χ1v) is 6.87. The van der Waals surface area contributed by atoms with Crippen LogP contribution in [0.25, 0.3) is 0 Å². The molecule has 0 aromatic heterocycles. The van der Waals surface area contributed by atoms with E-state index in [2.05, 4.69) is 26.8 Å². The van der Waals surface area contributed by atoms with E-state index in [1.54, 1.807) is 0 Å². The number of hydrogen-bond donors (Lipinski definition) is 1. The molecule has 1 atom stereocenters. The summed E-state index contributed by atoms with van der Waals surface area (Å²) >= 11 is 6.16. The highest BCUT2D eigenvalue weighted by Crippen LogP contribution is 2.20. The fourth-order valence-corrected chi connectivity index (χ4v) is 2.02. The number of halogens is 1. The van der Waals surface area contributed by atoms with Gasteiger partial charge in [-0.25, -0.2) is 0 Å². The molecular formula is C15H24ClNO. The van der Waals surface area contributed by atoms with Gasteiger partial charge in [0.25, 0.3) is 0 Å². The van der Waals surface area contributed by atoms with E-state index >= 15 is 0 Å². The molecule has 1 aromatic rings. The van der Waals surface area contributed by atoms with E-state index in [-0.39, 0.29) is 5.60 Å². The van der Waals surface area contributed by atoms with Crippen molar-refractivity contribution < 1.29 is 4.74 Å². The van der Waals surface area contributed by atoms with Gasteiger partial charge in [0, 0.05) is 11.6 Å². The van der Waals surface area contributed by atoms with Gasteiger partial charge in [0.2, 0.25) is 0 Å². The maximum atomic E-state index is 6.16. The monoisotopic (exact) mass is 269 g/mol. The van der Waals surface area contributed by atoms with E-state index in [0.717, 1.165) is 24.5 Å². The molecule has 0 aliphatic rings. The van der Waals surface area contributed by atoms with Crippen LogP contribution in [-0.4, -0.2) is 18.8 Å². The van der Waals surface area contributed by atoms with Crippen molar-refractivity contribution in [2.75, 3.05) is 13.2 Å². The number of benzene rings is 1. The Morgan fingerprint density at radius 1 is 1.28 bits per heavy atom. The van der Waals surface area contributed by atoms with Gasteiger partial charge in [-0.05, 0) is 57.7 Å². The van der Waals surface area contributed by atoms with Gasteiger partial charge in [-0.1, -0.05) is 29.8 Å². The number of nitrogens with two attached hydrogens (primary N) is 1. The van der Waals surface area contributed by atoms with E-state index in [0.29, 0.717) is 12.5 Å². The van der Waals surface area contributed by atoms with Crippen LogP contribution in [-0.2, 0) is 11.2 Å². The van der Waals surface area contributed by atoms with Crippen molar-refractivity contribution in [2.45, 2.75) is 39.2 Å². The van der Waals surface area contributed by atoms with Gasteiger partial charge in [-0.15, -0.1) is 0 Å². The molecule has 0 saturated carbocycles. The number of ether oxygens (including phenoxy) is 1. The fourth-order valence-electron chi connectivity index (χ4n) is 1.81. The third-order valence-electron chi connectivity index (χ3n) is 2.86. The Labute approximate surface area is 115 Å². The largest absolute Gasteiger partial charge is 0.376 e. The van der Waals surface area contributed by atoms with E-state index in [9.17, 15) is 0 Å². The molecule has 3 heteroatoms. The SMILES string of the molecule is CC(C)(C)OCCC(CN)Cc1ccccc1Cl. The van der Waals surface area contributed by atoms with E-state index in [4.69, 9.17) is 22.1 Å². The second-order valence-corrected chi connectivity index (χ2v) is 6.05. The maximum absolute atomic E-state index is 6.16. The Bertz CT molecular complexity index is 360. The minimum absolute atomic E-state index is 0.0798. The van der Waals surface area contributed by atoms with Crippen molar-refractivity contribution in [2.24, 2.45) is 11.7 Å². The summed E-state index contributed by atoms with van der Waals surface area (Å²) in [4.78, 5) is 0. The van der Waals surface area contributed by atoms with Crippen LogP contribution in [0.5, 0.6) is 0 Å². The minimum atomic E-state index is -0.0798. The van der Waals surface area contributed by atoms with Crippen molar-refractivity contribution in [3.05, 3.63) is 34.9 Å². The standard InChI is InChI=1S/C15H24ClNO/c1-15(2,3)18-9-8-12(11-17)10-13-6-4-5-7-14(13)16/h4-7,12H,8-11,17H2,1-3H3. The first-order valence-electron chi connectivity index (χ1n) is 6.50. The number of rotatable bonds is 6. The van der Waals surface area contributed by atoms with E-state index in [1.807, 2.05) is 18.2 Å². The molecule has 0 spiro atoms. The smallest absolute Gasteiger partial charge is 0.0598 e. The lowest BCUT2D eigenvalue weighted by Gasteiger charge is -2.22. The van der Waals surface area contributed by atoms with Crippen LogP contribution < -0.4 is 5.73 Å². The number of hydrogen-bond acceptors (Lipinski definition) is 2. The summed E-state index contributed by atoms with van der Waals surface area (Å²) in [5, 5.41) is 0.827. The molecule has 2 N–H and O–H groups in total. The molecule has 0 saturated heterocycles. The van der Waals surface area contributed by atoms with Crippen LogP contribution in [0.1, 0.15) is 32.8 Å². The highest BCUT2D eigenvalue weighted by molar-refractivity contribution is 6.31. The summed E-state index contributed by atoms with van der Waals surface area (Å²) in [7, 11) is 0. The average Bonchev–Trinajstić information content (AvgIpc) is 2.29. The van der Waals surface area contributed by atoms with Crippen LogP contribution in [0.3, 0.4) is 0 Å². The molecule has 0 radical (unpaired) electrons. The Kier molecular flexibility index (Phi) is 6.13. The Morgan fingerprint density at radius 3 is 2.50 bits per heavy atom. The zero-order chi connectivity index (χ0) is 13.6. The van der Waals surface area contributed by atoms with Crippen molar-refractivity contribution in [1.82, 2.24) is 0 Å². The van der Waals surface area contributed by atoms with Crippen LogP contribution in [0, 0.1) is 5.92 Å². The Morgan fingerprint density at radius 2 is 1.94 bits per heavy atom. The molecule has 2 nitrogen and oxygen atoms in total. The quantitative estimate of drug-likeness (QED) is 0.855. The predicted octanol–water partition coefficient (Wildman–Crippen LogP) is 3.66. The van der Waals surface area contributed by atoms with Crippen molar-refractivity contribution >= 4 is 11.6 Å². The first-order chi connectivity index (χ1) is 8.42. The van der Waals surface area contributed by atoms with Gasteiger partial charge in [0.15, 0.2) is 0 Å². The molecule has 0 bridgehead atoms. The molecule has 0 aliphatic heterocycles. The zero-order valence-corrected chi connectivity index (χ0v) is 12.3. The van der Waals surface area contributed by atoms with Crippen LogP contribution >= 0.6 is 11.6 Å². The molecule has 1 aromatic carbocycles. The molecule has 102 valence electrons. The van der Waals surface area contributed by atoms with Gasteiger partial charge in [0.1, 0.15) is 0 Å². The van der Waals surface area contributed by atoms with Crippen molar-refractivity contribution in [3.63, 3.8) is 0 Å². The average molecular weight is 270 g/mol. The summed E-state index contributed by atoms with van der Waals surface area (Å²) in [6.45, 7) is 7.62. The molecule has 1 rings (SSSR count). The van der Waals surface area contributed by atoms with Gasteiger partial charge in [-0.3, -0.25) is 0 Å². The molecule has 0 amide bonds. The van der Waals surface area contributed by atoms with Gasteiger partial charge < -0.3 is 10.5 Å². The van der Waals surface area contributed by atoms with Crippen LogP contribution in [0.2, 0.25) is 5.02 Å². The summed E-state index contributed by atoms with van der Waals surface area (Å²) < 4.78 is 5.74. The summed E-state index contributed by atoms with van der Waals surface area (Å²) in [5.41, 5.74) is 6.91. The lowest BCUT2D eigenvalue weighted by Crippen LogP contribution is -2.24. The topological polar surface area (TPSA) is 35.2 Å². The predicted molar refractivity (Wildman–Crippen MR) is 78.0 cm³/mol. The highest BCUT2D eigenvalue weighted by Gasteiger charge is 2.13. The summed E-state index contributed by atoms with van der Waals surface area (Å²) in [6.07, 6.45) is 1.89. The van der Waals surface area contributed by atoms with Gasteiger partial charge in [-0.2, -0.15) is 0 Å². The van der Waals surface area contributed by atoms with Crippen molar-refractivity contribution in [1.29, 1.82) is 0 Å². The third-order valence-corrected chi connectivity index (χ3v) is 3.23.